The van der Waals surface area contributed by atoms with Crippen LogP contribution in [0, 0.1) is 12.8 Å². The van der Waals surface area contributed by atoms with Gasteiger partial charge in [-0.1, -0.05) is 26.2 Å². The van der Waals surface area contributed by atoms with Gasteiger partial charge in [0.2, 0.25) is 10.0 Å². The Labute approximate surface area is 126 Å². The van der Waals surface area contributed by atoms with Crippen molar-refractivity contribution in [1.29, 1.82) is 0 Å². The summed E-state index contributed by atoms with van der Waals surface area (Å²) in [6.07, 6.45) is 4.77. The molecule has 0 atom stereocenters. The van der Waals surface area contributed by atoms with Crippen LogP contribution in [0.1, 0.15) is 43.0 Å². The van der Waals surface area contributed by atoms with Crippen molar-refractivity contribution in [2.75, 3.05) is 13.1 Å². The first-order chi connectivity index (χ1) is 9.54. The van der Waals surface area contributed by atoms with Crippen LogP contribution < -0.4 is 10.0 Å². The van der Waals surface area contributed by atoms with Crippen molar-refractivity contribution in [1.82, 2.24) is 10.0 Å². The molecule has 1 aliphatic rings. The van der Waals surface area contributed by atoms with Gasteiger partial charge in [-0.3, -0.25) is 0 Å². The highest BCUT2D eigenvalue weighted by Gasteiger charge is 2.23. The standard InChI is InChI=1S/C14H24N2O2S2/c1-3-15-9-13-14(11(2)10-19-13)20(17,18)16-8-7-12-5-4-6-12/h10,12,15-16H,3-9H2,1-2H3. The van der Waals surface area contributed by atoms with Crippen molar-refractivity contribution in [2.24, 2.45) is 5.92 Å². The lowest BCUT2D eigenvalue weighted by Gasteiger charge is -2.25. The molecular weight excluding hydrogens is 292 g/mol. The maximum atomic E-state index is 12.5. The van der Waals surface area contributed by atoms with Gasteiger partial charge in [0, 0.05) is 18.0 Å². The molecule has 0 saturated heterocycles. The summed E-state index contributed by atoms with van der Waals surface area (Å²) in [6.45, 7) is 5.90. The predicted octanol–water partition coefficient (Wildman–Crippen LogP) is 2.63. The first-order valence-corrected chi connectivity index (χ1v) is 9.68. The maximum absolute atomic E-state index is 12.5. The van der Waals surface area contributed by atoms with E-state index in [1.165, 1.54) is 30.6 Å². The highest BCUT2D eigenvalue weighted by Crippen LogP contribution is 2.30. The third-order valence-electron chi connectivity index (χ3n) is 3.86. The van der Waals surface area contributed by atoms with Crippen molar-refractivity contribution in [3.63, 3.8) is 0 Å². The van der Waals surface area contributed by atoms with Crippen LogP contribution in [0.15, 0.2) is 10.3 Å². The van der Waals surface area contributed by atoms with E-state index in [4.69, 9.17) is 0 Å². The molecule has 1 fully saturated rings. The van der Waals surface area contributed by atoms with Crippen LogP contribution in [0.25, 0.3) is 0 Å². The normalized spacial score (nSPS) is 16.3. The van der Waals surface area contributed by atoms with Gasteiger partial charge in [0.05, 0.1) is 0 Å². The summed E-state index contributed by atoms with van der Waals surface area (Å²) in [7, 11) is -3.37. The van der Waals surface area contributed by atoms with Gasteiger partial charge in [-0.2, -0.15) is 0 Å². The lowest BCUT2D eigenvalue weighted by Crippen LogP contribution is -2.28. The SMILES string of the molecule is CCNCc1scc(C)c1S(=O)(=O)NCCC1CCC1. The topological polar surface area (TPSA) is 58.2 Å². The molecule has 0 radical (unpaired) electrons. The molecule has 6 heteroatoms. The number of nitrogens with one attached hydrogen (secondary N) is 2. The molecule has 114 valence electrons. The third-order valence-corrected chi connectivity index (χ3v) is 6.79. The zero-order valence-corrected chi connectivity index (χ0v) is 13.9. The van der Waals surface area contributed by atoms with Crippen molar-refractivity contribution in [3.8, 4) is 0 Å². The molecule has 2 rings (SSSR count). The number of thiophene rings is 1. The highest BCUT2D eigenvalue weighted by molar-refractivity contribution is 7.89. The van der Waals surface area contributed by atoms with Crippen molar-refractivity contribution in [3.05, 3.63) is 15.8 Å². The average molecular weight is 316 g/mol. The predicted molar refractivity (Wildman–Crippen MR) is 83.6 cm³/mol. The Bertz CT molecular complexity index is 533. The van der Waals surface area contributed by atoms with Gasteiger partial charge in [-0.25, -0.2) is 13.1 Å². The molecule has 1 aliphatic carbocycles. The van der Waals surface area contributed by atoms with Crippen LogP contribution in [0.2, 0.25) is 0 Å². The second-order valence-corrected chi connectivity index (χ2v) is 8.10. The molecule has 0 spiro atoms. The van der Waals surface area contributed by atoms with Gasteiger partial charge in [0.1, 0.15) is 4.90 Å². The number of aryl methyl sites for hydroxylation is 1. The number of hydrogen-bond donors (Lipinski definition) is 2. The molecule has 0 unspecified atom stereocenters. The minimum atomic E-state index is -3.37. The quantitative estimate of drug-likeness (QED) is 0.775. The fourth-order valence-corrected chi connectivity index (χ4v) is 5.28. The largest absolute Gasteiger partial charge is 0.312 e. The molecular formula is C14H24N2O2S2. The minimum Gasteiger partial charge on any atom is -0.312 e. The summed E-state index contributed by atoms with van der Waals surface area (Å²) in [5.74, 6) is 0.725. The van der Waals surface area contributed by atoms with Crippen LogP contribution in [0.3, 0.4) is 0 Å². The Balaban J connectivity index is 2.01. The van der Waals surface area contributed by atoms with Crippen LogP contribution in [0.4, 0.5) is 0 Å². The zero-order valence-electron chi connectivity index (χ0n) is 12.2. The van der Waals surface area contributed by atoms with E-state index in [0.29, 0.717) is 18.0 Å². The fourth-order valence-electron chi connectivity index (χ4n) is 2.46. The third kappa shape index (κ3) is 3.81. The van der Waals surface area contributed by atoms with E-state index in [0.717, 1.165) is 29.3 Å². The molecule has 0 aromatic carbocycles. The number of sulfonamides is 1. The Hall–Kier alpha value is -0.430. The second-order valence-electron chi connectivity index (χ2n) is 5.43. The van der Waals surface area contributed by atoms with E-state index >= 15 is 0 Å². The summed E-state index contributed by atoms with van der Waals surface area (Å²) in [5, 5.41) is 5.12. The van der Waals surface area contributed by atoms with Crippen LogP contribution >= 0.6 is 11.3 Å². The first kappa shape index (κ1) is 15.9. The second kappa shape index (κ2) is 7.02. The van der Waals surface area contributed by atoms with Gasteiger partial charge >= 0.3 is 0 Å². The molecule has 1 heterocycles. The molecule has 20 heavy (non-hydrogen) atoms. The monoisotopic (exact) mass is 316 g/mol. The summed E-state index contributed by atoms with van der Waals surface area (Å²) >= 11 is 1.52. The van der Waals surface area contributed by atoms with Crippen LogP contribution in [-0.2, 0) is 16.6 Å². The molecule has 1 aromatic heterocycles. The van der Waals surface area contributed by atoms with Gasteiger partial charge in [-0.15, -0.1) is 11.3 Å². The molecule has 0 aliphatic heterocycles. The lowest BCUT2D eigenvalue weighted by atomic mass is 9.83. The van der Waals surface area contributed by atoms with Crippen molar-refractivity contribution < 1.29 is 8.42 Å². The maximum Gasteiger partial charge on any atom is 0.241 e. The molecule has 2 N–H and O–H groups in total. The average Bonchev–Trinajstić information content (AvgIpc) is 2.72. The lowest BCUT2D eigenvalue weighted by molar-refractivity contribution is 0.297. The van der Waals surface area contributed by atoms with E-state index < -0.39 is 10.0 Å². The van der Waals surface area contributed by atoms with Crippen molar-refractivity contribution >= 4 is 21.4 Å². The van der Waals surface area contributed by atoms with E-state index in [2.05, 4.69) is 10.0 Å². The van der Waals surface area contributed by atoms with Gasteiger partial charge < -0.3 is 5.32 Å². The van der Waals surface area contributed by atoms with E-state index in [9.17, 15) is 8.42 Å². The molecule has 0 amide bonds. The Morgan fingerprint density at radius 3 is 2.75 bits per heavy atom. The van der Waals surface area contributed by atoms with Gasteiger partial charge in [0.15, 0.2) is 0 Å². The zero-order chi connectivity index (χ0) is 14.6. The Kier molecular flexibility index (Phi) is 5.60. The smallest absolute Gasteiger partial charge is 0.241 e. The van der Waals surface area contributed by atoms with Gasteiger partial charge in [-0.05, 0) is 36.8 Å². The summed E-state index contributed by atoms with van der Waals surface area (Å²) in [6, 6.07) is 0. The molecule has 1 aromatic rings. The molecule has 1 saturated carbocycles. The van der Waals surface area contributed by atoms with E-state index in [1.54, 1.807) is 0 Å². The molecule has 0 bridgehead atoms. The van der Waals surface area contributed by atoms with E-state index in [-0.39, 0.29) is 0 Å². The minimum absolute atomic E-state index is 0.483. The van der Waals surface area contributed by atoms with E-state index in [1.807, 2.05) is 19.2 Å². The Morgan fingerprint density at radius 2 is 2.15 bits per heavy atom. The van der Waals surface area contributed by atoms with Gasteiger partial charge in [0.25, 0.3) is 0 Å². The summed E-state index contributed by atoms with van der Waals surface area (Å²) < 4.78 is 27.7. The highest BCUT2D eigenvalue weighted by atomic mass is 32.2. The number of hydrogen-bond acceptors (Lipinski definition) is 4. The van der Waals surface area contributed by atoms with Crippen LogP contribution in [0.5, 0.6) is 0 Å². The summed E-state index contributed by atoms with van der Waals surface area (Å²) in [5.41, 5.74) is 0.846. The fraction of sp³-hybridized carbons (Fsp3) is 0.714. The first-order valence-electron chi connectivity index (χ1n) is 7.32. The number of rotatable bonds is 8. The summed E-state index contributed by atoms with van der Waals surface area (Å²) in [4.78, 5) is 1.39. The molecule has 4 nitrogen and oxygen atoms in total. The van der Waals surface area contributed by atoms with Crippen LogP contribution in [-0.4, -0.2) is 21.5 Å². The van der Waals surface area contributed by atoms with Crippen molar-refractivity contribution in [2.45, 2.75) is 51.0 Å². The Morgan fingerprint density at radius 1 is 1.40 bits per heavy atom.